The van der Waals surface area contributed by atoms with Crippen molar-refractivity contribution in [2.45, 2.75) is 18.2 Å². The molecule has 7 nitrogen and oxygen atoms in total. The van der Waals surface area contributed by atoms with E-state index in [-0.39, 0.29) is 16.3 Å². The van der Waals surface area contributed by atoms with Crippen LogP contribution in [0, 0.1) is 6.92 Å². The summed E-state index contributed by atoms with van der Waals surface area (Å²) in [6, 6.07) is 16.9. The van der Waals surface area contributed by atoms with E-state index in [0.717, 1.165) is 22.0 Å². The first-order valence-corrected chi connectivity index (χ1v) is 11.3. The number of amides is 1. The number of anilines is 2. The molecule has 11 heteroatoms. The molecule has 34 heavy (non-hydrogen) atoms. The van der Waals surface area contributed by atoms with E-state index in [2.05, 4.69) is 10.1 Å². The fourth-order valence-electron chi connectivity index (χ4n) is 2.99. The van der Waals surface area contributed by atoms with E-state index in [1.54, 1.807) is 24.3 Å². The van der Waals surface area contributed by atoms with Gasteiger partial charge in [0, 0.05) is 11.8 Å². The normalized spacial score (nSPS) is 11.6. The lowest BCUT2D eigenvalue weighted by Crippen LogP contribution is -2.38. The smallest absolute Gasteiger partial charge is 0.497 e. The fraction of sp³-hybridized carbons (Fsp3) is 0.174. The molecule has 0 aromatic heterocycles. The van der Waals surface area contributed by atoms with Crippen molar-refractivity contribution in [1.82, 2.24) is 0 Å². The predicted molar refractivity (Wildman–Crippen MR) is 120 cm³/mol. The van der Waals surface area contributed by atoms with Gasteiger partial charge < -0.3 is 14.8 Å². The Hall–Kier alpha value is -3.73. The molecule has 0 saturated carbocycles. The zero-order valence-corrected chi connectivity index (χ0v) is 19.0. The summed E-state index contributed by atoms with van der Waals surface area (Å²) in [6.45, 7) is 1.22. The quantitative estimate of drug-likeness (QED) is 0.489. The van der Waals surface area contributed by atoms with Crippen LogP contribution in [0.2, 0.25) is 0 Å². The fourth-order valence-corrected chi connectivity index (χ4v) is 4.40. The van der Waals surface area contributed by atoms with Crippen LogP contribution in [0.3, 0.4) is 0 Å². The van der Waals surface area contributed by atoms with Crippen LogP contribution < -0.4 is 19.1 Å². The number of benzene rings is 3. The Labute approximate surface area is 194 Å². The maximum Gasteiger partial charge on any atom is 0.573 e. The van der Waals surface area contributed by atoms with Crippen LogP contribution in [0.15, 0.2) is 77.7 Å². The maximum atomic E-state index is 13.4. The lowest BCUT2D eigenvalue weighted by molar-refractivity contribution is -0.274. The SMILES string of the molecule is COc1cccc(N(CC(=O)Nc2ccc(OC(F)(F)F)cc2)S(=O)(=O)c2ccc(C)cc2)c1. The molecule has 0 unspecified atom stereocenters. The summed E-state index contributed by atoms with van der Waals surface area (Å²) in [7, 11) is -2.71. The number of rotatable bonds is 8. The lowest BCUT2D eigenvalue weighted by Gasteiger charge is -2.24. The summed E-state index contributed by atoms with van der Waals surface area (Å²) < 4.78 is 73.6. The number of ether oxygens (including phenoxy) is 2. The Balaban J connectivity index is 1.86. The Morgan fingerprint density at radius 1 is 0.971 bits per heavy atom. The highest BCUT2D eigenvalue weighted by Crippen LogP contribution is 2.28. The molecule has 0 spiro atoms. The second-order valence-electron chi connectivity index (χ2n) is 7.15. The molecule has 0 saturated heterocycles. The molecule has 0 fully saturated rings. The maximum absolute atomic E-state index is 13.4. The number of nitrogens with zero attached hydrogens (tertiary/aromatic N) is 1. The second kappa shape index (κ2) is 10.0. The molecule has 180 valence electrons. The molecule has 1 amide bonds. The minimum absolute atomic E-state index is 0.0117. The highest BCUT2D eigenvalue weighted by Gasteiger charge is 2.31. The highest BCUT2D eigenvalue weighted by atomic mass is 32.2. The molecule has 3 aromatic carbocycles. The van der Waals surface area contributed by atoms with Crippen LogP contribution in [0.5, 0.6) is 11.5 Å². The number of nitrogens with one attached hydrogen (secondary N) is 1. The summed E-state index contributed by atoms with van der Waals surface area (Å²) in [5, 5.41) is 2.48. The van der Waals surface area contributed by atoms with Gasteiger partial charge in [-0.25, -0.2) is 8.42 Å². The standard InChI is InChI=1S/C23H21F3N2O5S/c1-16-6-12-21(13-7-16)34(30,31)28(18-4-3-5-20(14-18)32-2)15-22(29)27-17-8-10-19(11-9-17)33-23(24,25)26/h3-14H,15H2,1-2H3,(H,27,29). The third kappa shape index (κ3) is 6.41. The number of hydrogen-bond donors (Lipinski definition) is 1. The van der Waals surface area contributed by atoms with Crippen LogP contribution in [-0.2, 0) is 14.8 Å². The van der Waals surface area contributed by atoms with Crippen molar-refractivity contribution in [1.29, 1.82) is 0 Å². The first-order chi connectivity index (χ1) is 16.0. The van der Waals surface area contributed by atoms with Crippen molar-refractivity contribution in [2.75, 3.05) is 23.3 Å². The molecule has 0 heterocycles. The highest BCUT2D eigenvalue weighted by molar-refractivity contribution is 7.92. The third-order valence-electron chi connectivity index (χ3n) is 4.61. The van der Waals surface area contributed by atoms with Crippen LogP contribution in [0.25, 0.3) is 0 Å². The molecule has 0 aliphatic heterocycles. The zero-order chi connectivity index (χ0) is 24.9. The van der Waals surface area contributed by atoms with Gasteiger partial charge in [-0.05, 0) is 55.5 Å². The van der Waals surface area contributed by atoms with Gasteiger partial charge in [-0.1, -0.05) is 23.8 Å². The summed E-state index contributed by atoms with van der Waals surface area (Å²) >= 11 is 0. The van der Waals surface area contributed by atoms with Gasteiger partial charge in [0.2, 0.25) is 5.91 Å². The van der Waals surface area contributed by atoms with E-state index in [4.69, 9.17) is 4.74 Å². The summed E-state index contributed by atoms with van der Waals surface area (Å²) in [4.78, 5) is 12.7. The molecule has 3 aromatic rings. The lowest BCUT2D eigenvalue weighted by atomic mass is 10.2. The van der Waals surface area contributed by atoms with E-state index in [0.29, 0.717) is 5.75 Å². The van der Waals surface area contributed by atoms with Crippen molar-refractivity contribution < 1.29 is 35.9 Å². The Bertz CT molecular complexity index is 1240. The topological polar surface area (TPSA) is 84.9 Å². The van der Waals surface area contributed by atoms with Crippen molar-refractivity contribution >= 4 is 27.3 Å². The number of hydrogen-bond acceptors (Lipinski definition) is 5. The van der Waals surface area contributed by atoms with Gasteiger partial charge in [0.1, 0.15) is 18.0 Å². The van der Waals surface area contributed by atoms with Crippen molar-refractivity contribution in [3.63, 3.8) is 0 Å². The first kappa shape index (κ1) is 24.9. The molecular weight excluding hydrogens is 473 g/mol. The van der Waals surface area contributed by atoms with Crippen LogP contribution in [-0.4, -0.2) is 34.3 Å². The van der Waals surface area contributed by atoms with Gasteiger partial charge in [0.25, 0.3) is 10.0 Å². The predicted octanol–water partition coefficient (Wildman–Crippen LogP) is 4.74. The summed E-state index contributed by atoms with van der Waals surface area (Å²) in [5.74, 6) is -0.768. The monoisotopic (exact) mass is 494 g/mol. The van der Waals surface area contributed by atoms with Crippen LogP contribution >= 0.6 is 0 Å². The molecule has 0 radical (unpaired) electrons. The second-order valence-corrected chi connectivity index (χ2v) is 9.01. The van der Waals surface area contributed by atoms with E-state index < -0.39 is 34.6 Å². The third-order valence-corrected chi connectivity index (χ3v) is 6.40. The minimum Gasteiger partial charge on any atom is -0.497 e. The Morgan fingerprint density at radius 3 is 2.21 bits per heavy atom. The van der Waals surface area contributed by atoms with Gasteiger partial charge in [-0.3, -0.25) is 9.10 Å². The van der Waals surface area contributed by atoms with E-state index >= 15 is 0 Å². The molecule has 0 atom stereocenters. The molecule has 3 rings (SSSR count). The number of sulfonamides is 1. The van der Waals surface area contributed by atoms with E-state index in [1.165, 1.54) is 43.5 Å². The van der Waals surface area contributed by atoms with Crippen LogP contribution in [0.4, 0.5) is 24.5 Å². The number of alkyl halides is 3. The minimum atomic E-state index is -4.84. The van der Waals surface area contributed by atoms with Crippen LogP contribution in [0.1, 0.15) is 5.56 Å². The average Bonchev–Trinajstić information content (AvgIpc) is 2.78. The van der Waals surface area contributed by atoms with Gasteiger partial charge in [-0.2, -0.15) is 0 Å². The average molecular weight is 494 g/mol. The Morgan fingerprint density at radius 2 is 1.62 bits per heavy atom. The van der Waals surface area contributed by atoms with Crippen molar-refractivity contribution in [2.24, 2.45) is 0 Å². The van der Waals surface area contributed by atoms with E-state index in [9.17, 15) is 26.4 Å². The zero-order valence-electron chi connectivity index (χ0n) is 18.2. The molecular formula is C23H21F3N2O5S. The first-order valence-electron chi connectivity index (χ1n) is 9.87. The number of aryl methyl sites for hydroxylation is 1. The number of carbonyl (C=O) groups is 1. The molecule has 1 N–H and O–H groups in total. The molecule has 0 aliphatic rings. The molecule has 0 bridgehead atoms. The van der Waals surface area contributed by atoms with Gasteiger partial charge in [-0.15, -0.1) is 13.2 Å². The summed E-state index contributed by atoms with van der Waals surface area (Å²) in [6.07, 6.45) is -4.84. The number of halogens is 3. The Kier molecular flexibility index (Phi) is 7.35. The number of carbonyl (C=O) groups excluding carboxylic acids is 1. The molecule has 0 aliphatic carbocycles. The van der Waals surface area contributed by atoms with Gasteiger partial charge in [0.15, 0.2) is 0 Å². The number of methoxy groups -OCH3 is 1. The van der Waals surface area contributed by atoms with Crippen molar-refractivity contribution in [3.8, 4) is 11.5 Å². The van der Waals surface area contributed by atoms with Gasteiger partial charge in [0.05, 0.1) is 17.7 Å². The largest absolute Gasteiger partial charge is 0.573 e. The summed E-state index contributed by atoms with van der Waals surface area (Å²) in [5.41, 5.74) is 1.23. The van der Waals surface area contributed by atoms with Crippen molar-refractivity contribution in [3.05, 3.63) is 78.4 Å². The van der Waals surface area contributed by atoms with E-state index in [1.807, 2.05) is 6.92 Å². The van der Waals surface area contributed by atoms with Gasteiger partial charge >= 0.3 is 6.36 Å².